The van der Waals surface area contributed by atoms with Crippen LogP contribution in [0.25, 0.3) is 0 Å². The highest BCUT2D eigenvalue weighted by molar-refractivity contribution is 5.90. The Labute approximate surface area is 152 Å². The van der Waals surface area contributed by atoms with Crippen molar-refractivity contribution in [3.05, 3.63) is 23.8 Å². The predicted molar refractivity (Wildman–Crippen MR) is 102 cm³/mol. The molecule has 0 aliphatic heterocycles. The van der Waals surface area contributed by atoms with E-state index < -0.39 is 0 Å². The molecule has 0 atom stereocenters. The summed E-state index contributed by atoms with van der Waals surface area (Å²) in [6.45, 7) is 7.86. The van der Waals surface area contributed by atoms with Crippen molar-refractivity contribution < 1.29 is 19.0 Å². The summed E-state index contributed by atoms with van der Waals surface area (Å²) in [5.74, 6) is 1.02. The summed E-state index contributed by atoms with van der Waals surface area (Å²) in [5.41, 5.74) is 0.503. The molecule has 0 N–H and O–H groups in total. The van der Waals surface area contributed by atoms with Crippen LogP contribution in [-0.2, 0) is 4.74 Å². The molecule has 0 saturated heterocycles. The van der Waals surface area contributed by atoms with Crippen molar-refractivity contribution >= 4 is 5.97 Å². The lowest BCUT2D eigenvalue weighted by Gasteiger charge is -2.14. The molecular weight excluding hydrogens is 316 g/mol. The third-order valence-corrected chi connectivity index (χ3v) is 3.97. The molecule has 0 aromatic heterocycles. The first-order valence-electron chi connectivity index (χ1n) is 9.79. The molecule has 0 radical (unpaired) electrons. The van der Waals surface area contributed by atoms with Gasteiger partial charge in [0.15, 0.2) is 11.5 Å². The maximum Gasteiger partial charge on any atom is 0.338 e. The molecule has 0 spiro atoms. The molecule has 0 fully saturated rings. The smallest absolute Gasteiger partial charge is 0.338 e. The van der Waals surface area contributed by atoms with Gasteiger partial charge in [-0.2, -0.15) is 0 Å². The van der Waals surface area contributed by atoms with Gasteiger partial charge in [-0.3, -0.25) is 0 Å². The number of unbranched alkanes of at least 4 members (excludes halogenated alkanes) is 6. The highest BCUT2D eigenvalue weighted by atomic mass is 16.5. The van der Waals surface area contributed by atoms with Crippen molar-refractivity contribution in [2.75, 3.05) is 19.8 Å². The molecule has 0 bridgehead atoms. The predicted octanol–water partition coefficient (Wildman–Crippen LogP) is 5.78. The van der Waals surface area contributed by atoms with E-state index >= 15 is 0 Å². The molecule has 0 aliphatic carbocycles. The van der Waals surface area contributed by atoms with Gasteiger partial charge in [-0.15, -0.1) is 0 Å². The maximum absolute atomic E-state index is 11.9. The van der Waals surface area contributed by atoms with Gasteiger partial charge >= 0.3 is 5.97 Å². The number of benzene rings is 1. The van der Waals surface area contributed by atoms with Crippen LogP contribution in [0.3, 0.4) is 0 Å². The molecule has 0 saturated carbocycles. The molecule has 1 rings (SSSR count). The molecule has 1 aromatic carbocycles. The van der Waals surface area contributed by atoms with Gasteiger partial charge in [0.25, 0.3) is 0 Å². The summed E-state index contributed by atoms with van der Waals surface area (Å²) in [5, 5.41) is 0. The summed E-state index contributed by atoms with van der Waals surface area (Å²) in [4.78, 5) is 11.9. The minimum absolute atomic E-state index is 0.326. The summed E-state index contributed by atoms with van der Waals surface area (Å²) >= 11 is 0. The molecule has 25 heavy (non-hydrogen) atoms. The van der Waals surface area contributed by atoms with E-state index in [1.807, 2.05) is 6.07 Å². The van der Waals surface area contributed by atoms with Crippen LogP contribution in [-0.4, -0.2) is 25.8 Å². The van der Waals surface area contributed by atoms with Crippen LogP contribution in [0.1, 0.15) is 82.5 Å². The van der Waals surface area contributed by atoms with E-state index in [-0.39, 0.29) is 5.97 Å². The van der Waals surface area contributed by atoms with Gasteiger partial charge in [0.1, 0.15) is 0 Å². The van der Waals surface area contributed by atoms with Crippen LogP contribution in [0, 0.1) is 0 Å². The standard InChI is InChI=1S/C21H34O4/c1-4-7-9-11-15-24-19-14-13-18(21(22)23-6-3)17-20(19)25-16-12-10-8-5-2/h13-14,17H,4-12,15-16H2,1-3H3. The van der Waals surface area contributed by atoms with Crippen molar-refractivity contribution in [2.24, 2.45) is 0 Å². The van der Waals surface area contributed by atoms with Gasteiger partial charge in [-0.25, -0.2) is 4.79 Å². The quantitative estimate of drug-likeness (QED) is 0.315. The lowest BCUT2D eigenvalue weighted by molar-refractivity contribution is 0.0525. The Morgan fingerprint density at radius 1 is 0.800 bits per heavy atom. The second-order valence-electron chi connectivity index (χ2n) is 6.20. The van der Waals surface area contributed by atoms with Crippen molar-refractivity contribution in [3.63, 3.8) is 0 Å². The maximum atomic E-state index is 11.9. The number of ether oxygens (including phenoxy) is 3. The van der Waals surface area contributed by atoms with Gasteiger partial charge in [0, 0.05) is 0 Å². The fraction of sp³-hybridized carbons (Fsp3) is 0.667. The first kappa shape index (κ1) is 21.3. The van der Waals surface area contributed by atoms with E-state index in [9.17, 15) is 4.79 Å². The zero-order valence-electron chi connectivity index (χ0n) is 16.1. The summed E-state index contributed by atoms with van der Waals surface area (Å²) in [7, 11) is 0. The van der Waals surface area contributed by atoms with Gasteiger partial charge < -0.3 is 14.2 Å². The highest BCUT2D eigenvalue weighted by Gasteiger charge is 2.12. The summed E-state index contributed by atoms with van der Waals surface area (Å²) < 4.78 is 16.8. The van der Waals surface area contributed by atoms with Crippen molar-refractivity contribution in [1.29, 1.82) is 0 Å². The van der Waals surface area contributed by atoms with Gasteiger partial charge in [0.05, 0.1) is 25.4 Å². The largest absolute Gasteiger partial charge is 0.490 e. The van der Waals surface area contributed by atoms with Crippen molar-refractivity contribution in [2.45, 2.75) is 72.1 Å². The zero-order valence-corrected chi connectivity index (χ0v) is 16.1. The van der Waals surface area contributed by atoms with Crippen molar-refractivity contribution in [3.8, 4) is 11.5 Å². The normalized spacial score (nSPS) is 10.5. The van der Waals surface area contributed by atoms with E-state index in [1.54, 1.807) is 19.1 Å². The van der Waals surface area contributed by atoms with Crippen LogP contribution < -0.4 is 9.47 Å². The molecule has 1 aromatic rings. The molecule has 0 amide bonds. The van der Waals surface area contributed by atoms with Gasteiger partial charge in [0.2, 0.25) is 0 Å². The van der Waals surface area contributed by atoms with E-state index in [0.29, 0.717) is 36.9 Å². The lowest BCUT2D eigenvalue weighted by atomic mass is 10.2. The Morgan fingerprint density at radius 2 is 1.40 bits per heavy atom. The molecular formula is C21H34O4. The average molecular weight is 350 g/mol. The second kappa shape index (κ2) is 13.6. The third-order valence-electron chi connectivity index (χ3n) is 3.97. The number of esters is 1. The third kappa shape index (κ3) is 8.80. The summed E-state index contributed by atoms with van der Waals surface area (Å²) in [6.07, 6.45) is 9.21. The topological polar surface area (TPSA) is 44.8 Å². The average Bonchev–Trinajstić information content (AvgIpc) is 2.62. The second-order valence-corrected chi connectivity index (χ2v) is 6.20. The monoisotopic (exact) mass is 350 g/mol. The van der Waals surface area contributed by atoms with Crippen LogP contribution >= 0.6 is 0 Å². The number of carbonyl (C=O) groups is 1. The van der Waals surface area contributed by atoms with Gasteiger partial charge in [-0.1, -0.05) is 52.4 Å². The first-order chi connectivity index (χ1) is 12.2. The number of hydrogen-bond donors (Lipinski definition) is 0. The fourth-order valence-corrected chi connectivity index (χ4v) is 2.50. The van der Waals surface area contributed by atoms with Crippen LogP contribution in [0.5, 0.6) is 11.5 Å². The Kier molecular flexibility index (Phi) is 11.6. The molecule has 0 aliphatic rings. The van der Waals surface area contributed by atoms with E-state index in [0.717, 1.165) is 19.3 Å². The minimum Gasteiger partial charge on any atom is -0.490 e. The molecule has 4 nitrogen and oxygen atoms in total. The summed E-state index contributed by atoms with van der Waals surface area (Å²) in [6, 6.07) is 5.29. The SMILES string of the molecule is CCCCCCOc1ccc(C(=O)OCC)cc1OCCCCCC. The first-order valence-corrected chi connectivity index (χ1v) is 9.79. The van der Waals surface area contributed by atoms with E-state index in [4.69, 9.17) is 14.2 Å². The van der Waals surface area contributed by atoms with Crippen LogP contribution in [0.2, 0.25) is 0 Å². The Hall–Kier alpha value is -1.71. The Bertz CT molecular complexity index is 485. The molecule has 0 unspecified atom stereocenters. The molecule has 142 valence electrons. The zero-order chi connectivity index (χ0) is 18.3. The van der Waals surface area contributed by atoms with Gasteiger partial charge in [-0.05, 0) is 38.0 Å². The highest BCUT2D eigenvalue weighted by Crippen LogP contribution is 2.29. The molecule has 0 heterocycles. The lowest BCUT2D eigenvalue weighted by Crippen LogP contribution is -2.07. The number of carbonyl (C=O) groups excluding carboxylic acids is 1. The van der Waals surface area contributed by atoms with Crippen molar-refractivity contribution in [1.82, 2.24) is 0 Å². The Balaban J connectivity index is 2.66. The van der Waals surface area contributed by atoms with E-state index in [1.165, 1.54) is 32.1 Å². The van der Waals surface area contributed by atoms with E-state index in [2.05, 4.69) is 13.8 Å². The molecule has 4 heteroatoms. The minimum atomic E-state index is -0.326. The number of hydrogen-bond acceptors (Lipinski definition) is 4. The van der Waals surface area contributed by atoms with Crippen LogP contribution in [0.4, 0.5) is 0 Å². The Morgan fingerprint density at radius 3 is 1.96 bits per heavy atom. The number of rotatable bonds is 14. The van der Waals surface area contributed by atoms with Crippen LogP contribution in [0.15, 0.2) is 18.2 Å². The fourth-order valence-electron chi connectivity index (χ4n) is 2.50.